The van der Waals surface area contributed by atoms with Crippen LogP contribution in [-0.4, -0.2) is 38.2 Å². The number of rotatable bonds is 8. The van der Waals surface area contributed by atoms with E-state index in [-0.39, 0.29) is 19.6 Å². The van der Waals surface area contributed by atoms with Gasteiger partial charge in [0.2, 0.25) is 0 Å². The number of nitrogens with two attached hydrogens (primary N) is 2. The molecule has 0 amide bonds. The summed E-state index contributed by atoms with van der Waals surface area (Å²) in [5, 5.41) is 0. The normalized spacial score (nSPS) is 9.45. The van der Waals surface area contributed by atoms with E-state index >= 15 is 0 Å². The molecule has 0 aromatic carbocycles. The Hall–Kier alpha value is -1.86. The largest absolute Gasteiger partial charge is 0.462 e. The molecule has 0 aliphatic heterocycles. The second kappa shape index (κ2) is 13.6. The number of hydrogen-bond acceptors (Lipinski definition) is 6. The maximum Gasteiger partial charge on any atom is 0.306 e. The number of hydrogen-bond donors (Lipinski definition) is 2. The minimum absolute atomic E-state index is 0.0791. The van der Waals surface area contributed by atoms with Crippen molar-refractivity contribution in [3.8, 4) is 24.7 Å². The molecule has 0 aliphatic carbocycles. The fourth-order valence-corrected chi connectivity index (χ4v) is 0.914. The standard InChI is InChI=1S/C9H16N2O3.C5H6O/c1-3-4-5-8(12)14-7-9(10,11)6-13-2;1-2-3-4-5-6/h1H,4-7,10-11H2,2H3;1,5H,3-4H2. The van der Waals surface area contributed by atoms with Crippen LogP contribution in [0.2, 0.25) is 0 Å². The third-order valence-electron chi connectivity index (χ3n) is 1.79. The molecule has 6 nitrogen and oxygen atoms in total. The van der Waals surface area contributed by atoms with Crippen molar-refractivity contribution in [1.29, 1.82) is 0 Å². The molecule has 20 heavy (non-hydrogen) atoms. The van der Waals surface area contributed by atoms with E-state index in [9.17, 15) is 9.59 Å². The predicted molar refractivity (Wildman–Crippen MR) is 76.1 cm³/mol. The summed E-state index contributed by atoms with van der Waals surface area (Å²) >= 11 is 0. The van der Waals surface area contributed by atoms with Gasteiger partial charge in [-0.15, -0.1) is 24.7 Å². The Kier molecular flexibility index (Phi) is 13.9. The van der Waals surface area contributed by atoms with Gasteiger partial charge in [0, 0.05) is 26.4 Å². The molecule has 0 atom stereocenters. The van der Waals surface area contributed by atoms with E-state index in [1.54, 1.807) is 0 Å². The van der Waals surface area contributed by atoms with Crippen LogP contribution in [-0.2, 0) is 19.1 Å². The number of unbranched alkanes of at least 4 members (excludes halogenated alkanes) is 1. The molecular formula is C14H22N2O4. The fraction of sp³-hybridized carbons (Fsp3) is 0.571. The van der Waals surface area contributed by atoms with Crippen molar-refractivity contribution < 1.29 is 19.1 Å². The molecule has 0 heterocycles. The molecule has 0 radical (unpaired) electrons. The van der Waals surface area contributed by atoms with Crippen LogP contribution in [0.15, 0.2) is 0 Å². The fourth-order valence-electron chi connectivity index (χ4n) is 0.914. The molecule has 4 N–H and O–H groups in total. The molecule has 0 aromatic rings. The molecular weight excluding hydrogens is 260 g/mol. The van der Waals surface area contributed by atoms with Crippen LogP contribution in [0.25, 0.3) is 0 Å². The Balaban J connectivity index is 0. The Morgan fingerprint density at radius 2 is 1.85 bits per heavy atom. The molecule has 0 aromatic heterocycles. The van der Waals surface area contributed by atoms with Gasteiger partial charge < -0.3 is 25.7 Å². The van der Waals surface area contributed by atoms with Crippen molar-refractivity contribution >= 4 is 12.3 Å². The highest BCUT2D eigenvalue weighted by Gasteiger charge is 2.21. The van der Waals surface area contributed by atoms with Crippen molar-refractivity contribution in [3.05, 3.63) is 0 Å². The van der Waals surface area contributed by atoms with Crippen molar-refractivity contribution in [2.75, 3.05) is 20.3 Å². The van der Waals surface area contributed by atoms with Gasteiger partial charge in [-0.1, -0.05) is 0 Å². The van der Waals surface area contributed by atoms with E-state index in [2.05, 4.69) is 11.8 Å². The van der Waals surface area contributed by atoms with E-state index in [0.29, 0.717) is 19.3 Å². The maximum atomic E-state index is 11.0. The highest BCUT2D eigenvalue weighted by Crippen LogP contribution is 1.97. The van der Waals surface area contributed by atoms with Gasteiger partial charge in [-0.3, -0.25) is 4.79 Å². The minimum atomic E-state index is -1.14. The highest BCUT2D eigenvalue weighted by atomic mass is 16.5. The number of ether oxygens (including phenoxy) is 2. The smallest absolute Gasteiger partial charge is 0.306 e. The molecule has 0 rings (SSSR count). The predicted octanol–water partition coefficient (Wildman–Crippen LogP) is -0.198. The first-order valence-electron chi connectivity index (χ1n) is 5.96. The van der Waals surface area contributed by atoms with Crippen LogP contribution in [0.4, 0.5) is 0 Å². The van der Waals surface area contributed by atoms with Gasteiger partial charge in [0.15, 0.2) is 0 Å². The number of terminal acetylenes is 2. The van der Waals surface area contributed by atoms with Crippen LogP contribution in [0.5, 0.6) is 0 Å². The monoisotopic (exact) mass is 282 g/mol. The van der Waals surface area contributed by atoms with Gasteiger partial charge in [0.05, 0.1) is 13.0 Å². The first-order valence-corrected chi connectivity index (χ1v) is 5.96. The van der Waals surface area contributed by atoms with Gasteiger partial charge >= 0.3 is 5.97 Å². The van der Waals surface area contributed by atoms with Crippen LogP contribution < -0.4 is 11.5 Å². The molecule has 0 saturated heterocycles. The third-order valence-corrected chi connectivity index (χ3v) is 1.79. The first kappa shape index (κ1) is 20.5. The van der Waals surface area contributed by atoms with Crippen LogP contribution in [0.1, 0.15) is 25.7 Å². The summed E-state index contributed by atoms with van der Waals surface area (Å²) in [6.45, 7) is 0.0413. The summed E-state index contributed by atoms with van der Waals surface area (Å²) in [6.07, 6.45) is 12.2. The summed E-state index contributed by atoms with van der Waals surface area (Å²) in [6, 6.07) is 0. The SMILES string of the molecule is C#CCCC(=O)OCC(N)(N)COC.C#CCCC=O. The summed E-state index contributed by atoms with van der Waals surface area (Å²) in [7, 11) is 1.47. The van der Waals surface area contributed by atoms with Crippen molar-refractivity contribution in [2.45, 2.75) is 31.3 Å². The second-order valence-corrected chi connectivity index (χ2v) is 3.94. The Morgan fingerprint density at radius 3 is 2.25 bits per heavy atom. The number of carbonyl (C=O) groups excluding carboxylic acids is 2. The molecule has 0 fully saturated rings. The zero-order valence-corrected chi connectivity index (χ0v) is 11.8. The zero-order chi connectivity index (χ0) is 15.9. The lowest BCUT2D eigenvalue weighted by Crippen LogP contribution is -2.57. The first-order chi connectivity index (χ1) is 9.43. The van der Waals surface area contributed by atoms with Crippen molar-refractivity contribution in [2.24, 2.45) is 11.5 Å². The summed E-state index contributed by atoms with van der Waals surface area (Å²) < 4.78 is 9.54. The van der Waals surface area contributed by atoms with E-state index in [1.165, 1.54) is 7.11 Å². The van der Waals surface area contributed by atoms with Gasteiger partial charge in [0.25, 0.3) is 0 Å². The average molecular weight is 282 g/mol. The lowest BCUT2D eigenvalue weighted by atomic mass is 10.2. The quantitative estimate of drug-likeness (QED) is 0.210. The average Bonchev–Trinajstić information content (AvgIpc) is 2.41. The van der Waals surface area contributed by atoms with Gasteiger partial charge in [-0.05, 0) is 0 Å². The highest BCUT2D eigenvalue weighted by molar-refractivity contribution is 5.69. The lowest BCUT2D eigenvalue weighted by Gasteiger charge is -2.22. The molecule has 0 unspecified atom stereocenters. The summed E-state index contributed by atoms with van der Waals surface area (Å²) in [4.78, 5) is 20.5. The molecule has 0 saturated carbocycles. The summed E-state index contributed by atoms with van der Waals surface area (Å²) in [5.41, 5.74) is 9.94. The van der Waals surface area contributed by atoms with Gasteiger partial charge in [-0.2, -0.15) is 0 Å². The number of carbonyl (C=O) groups is 2. The maximum absolute atomic E-state index is 11.0. The molecule has 0 spiro atoms. The van der Waals surface area contributed by atoms with Gasteiger partial charge in [0.1, 0.15) is 18.6 Å². The lowest BCUT2D eigenvalue weighted by molar-refractivity contribution is -0.146. The topological polar surface area (TPSA) is 105 Å². The van der Waals surface area contributed by atoms with E-state index in [1.807, 2.05) is 0 Å². The Labute approximate surface area is 120 Å². The second-order valence-electron chi connectivity index (χ2n) is 3.94. The molecule has 0 aliphatic rings. The third kappa shape index (κ3) is 16.1. The zero-order valence-electron chi connectivity index (χ0n) is 11.8. The van der Waals surface area contributed by atoms with E-state index in [4.69, 9.17) is 33.8 Å². The van der Waals surface area contributed by atoms with Crippen molar-refractivity contribution in [1.82, 2.24) is 0 Å². The van der Waals surface area contributed by atoms with Crippen LogP contribution in [0, 0.1) is 24.7 Å². The van der Waals surface area contributed by atoms with Crippen LogP contribution >= 0.6 is 0 Å². The van der Waals surface area contributed by atoms with E-state index in [0.717, 1.165) is 6.29 Å². The Bertz CT molecular complexity index is 353. The molecule has 112 valence electrons. The number of esters is 1. The molecule has 6 heteroatoms. The van der Waals surface area contributed by atoms with E-state index < -0.39 is 11.6 Å². The van der Waals surface area contributed by atoms with Crippen molar-refractivity contribution in [3.63, 3.8) is 0 Å². The van der Waals surface area contributed by atoms with Crippen LogP contribution in [0.3, 0.4) is 0 Å². The number of aldehydes is 1. The minimum Gasteiger partial charge on any atom is -0.462 e. The Morgan fingerprint density at radius 1 is 1.25 bits per heavy atom. The summed E-state index contributed by atoms with van der Waals surface area (Å²) in [5.74, 6) is 4.27. The molecule has 0 bridgehead atoms. The number of methoxy groups -OCH3 is 1. The van der Waals surface area contributed by atoms with Gasteiger partial charge in [-0.25, -0.2) is 0 Å².